The third-order valence-electron chi connectivity index (χ3n) is 2.46. The van der Waals surface area contributed by atoms with Crippen LogP contribution in [0.5, 0.6) is 0 Å². The van der Waals surface area contributed by atoms with Crippen LogP contribution in [0.4, 0.5) is 0 Å². The second kappa shape index (κ2) is 7.94. The van der Waals surface area contributed by atoms with Crippen molar-refractivity contribution in [1.29, 1.82) is 0 Å². The molecule has 14 heavy (non-hydrogen) atoms. The Morgan fingerprint density at radius 3 is 1.64 bits per heavy atom. The van der Waals surface area contributed by atoms with Gasteiger partial charge in [0.25, 0.3) is 0 Å². The van der Waals surface area contributed by atoms with Crippen LogP contribution in [-0.4, -0.2) is 32.2 Å². The molecule has 0 fully saturated rings. The molecule has 0 saturated carbocycles. The monoisotopic (exact) mass is 202 g/mol. The highest BCUT2D eigenvalue weighted by molar-refractivity contribution is 5.78. The average Bonchev–Trinajstić information content (AvgIpc) is 2.22. The molecular formula is C11H22O3. The van der Waals surface area contributed by atoms with E-state index in [4.69, 9.17) is 9.47 Å². The van der Waals surface area contributed by atoms with Crippen molar-refractivity contribution in [2.24, 2.45) is 0 Å². The van der Waals surface area contributed by atoms with Gasteiger partial charge in [0, 0.05) is 27.1 Å². The van der Waals surface area contributed by atoms with Crippen LogP contribution in [0.2, 0.25) is 0 Å². The quantitative estimate of drug-likeness (QED) is 0.605. The molecule has 0 rings (SSSR count). The minimum absolute atomic E-state index is 0.179. The fourth-order valence-corrected chi connectivity index (χ4v) is 1.09. The molecule has 0 spiro atoms. The maximum absolute atomic E-state index is 11.4. The number of carbonyl (C=O) groups is 1. The molecule has 0 aliphatic carbocycles. The second-order valence-corrected chi connectivity index (χ2v) is 3.71. The summed E-state index contributed by atoms with van der Waals surface area (Å²) < 4.78 is 10.1. The summed E-state index contributed by atoms with van der Waals surface area (Å²) in [4.78, 5) is 11.4. The Hall–Kier alpha value is -0.410. The predicted octanol–water partition coefficient (Wildman–Crippen LogP) is 2.19. The van der Waals surface area contributed by atoms with Crippen molar-refractivity contribution in [2.45, 2.75) is 51.7 Å². The molecule has 3 heteroatoms. The number of hydrogen-bond donors (Lipinski definition) is 0. The lowest BCUT2D eigenvalue weighted by molar-refractivity contribution is -0.120. The highest BCUT2D eigenvalue weighted by atomic mass is 16.5. The van der Waals surface area contributed by atoms with Crippen LogP contribution in [0.1, 0.15) is 39.5 Å². The Bertz CT molecular complexity index is 141. The minimum atomic E-state index is 0.179. The summed E-state index contributed by atoms with van der Waals surface area (Å²) in [6, 6.07) is 0. The first-order valence-electron chi connectivity index (χ1n) is 5.17. The SMILES string of the molecule is COC(C)CCC(=O)CCC(C)OC. The summed E-state index contributed by atoms with van der Waals surface area (Å²) in [7, 11) is 3.34. The maximum atomic E-state index is 11.4. The molecule has 2 unspecified atom stereocenters. The zero-order valence-electron chi connectivity index (χ0n) is 9.71. The summed E-state index contributed by atoms with van der Waals surface area (Å²) in [5.41, 5.74) is 0. The lowest BCUT2D eigenvalue weighted by Crippen LogP contribution is -2.11. The Labute approximate surface area is 86.8 Å². The number of ether oxygens (including phenoxy) is 2. The van der Waals surface area contributed by atoms with Gasteiger partial charge in [0.05, 0.1) is 12.2 Å². The van der Waals surface area contributed by atoms with E-state index in [-0.39, 0.29) is 12.2 Å². The largest absolute Gasteiger partial charge is 0.382 e. The fourth-order valence-electron chi connectivity index (χ4n) is 1.09. The van der Waals surface area contributed by atoms with Gasteiger partial charge in [0.15, 0.2) is 0 Å². The van der Waals surface area contributed by atoms with Gasteiger partial charge in [-0.15, -0.1) is 0 Å². The van der Waals surface area contributed by atoms with E-state index < -0.39 is 0 Å². The molecule has 84 valence electrons. The highest BCUT2D eigenvalue weighted by Gasteiger charge is 2.08. The number of methoxy groups -OCH3 is 2. The smallest absolute Gasteiger partial charge is 0.133 e. The number of ketones is 1. The van der Waals surface area contributed by atoms with Crippen LogP contribution in [0.15, 0.2) is 0 Å². The summed E-state index contributed by atoms with van der Waals surface area (Å²) in [6.07, 6.45) is 3.22. The van der Waals surface area contributed by atoms with Gasteiger partial charge in [-0.25, -0.2) is 0 Å². The third-order valence-corrected chi connectivity index (χ3v) is 2.46. The third kappa shape index (κ3) is 7.04. The number of Topliss-reactive ketones (excluding diaryl/α,β-unsaturated/α-hetero) is 1. The fraction of sp³-hybridized carbons (Fsp3) is 0.909. The first-order valence-corrected chi connectivity index (χ1v) is 5.17. The molecule has 0 aliphatic rings. The molecule has 0 heterocycles. The standard InChI is InChI=1S/C11H22O3/c1-9(13-3)5-7-11(12)8-6-10(2)14-4/h9-10H,5-8H2,1-4H3. The molecule has 3 nitrogen and oxygen atoms in total. The first kappa shape index (κ1) is 13.6. The number of rotatable bonds is 8. The van der Waals surface area contributed by atoms with Crippen molar-refractivity contribution in [3.63, 3.8) is 0 Å². The van der Waals surface area contributed by atoms with Gasteiger partial charge in [0.1, 0.15) is 5.78 Å². The van der Waals surface area contributed by atoms with E-state index in [0.29, 0.717) is 18.6 Å². The van der Waals surface area contributed by atoms with E-state index in [2.05, 4.69) is 0 Å². The van der Waals surface area contributed by atoms with E-state index in [1.54, 1.807) is 14.2 Å². The maximum Gasteiger partial charge on any atom is 0.133 e. The van der Waals surface area contributed by atoms with Gasteiger partial charge in [-0.3, -0.25) is 4.79 Å². The summed E-state index contributed by atoms with van der Waals surface area (Å²) in [5.74, 6) is 0.304. The average molecular weight is 202 g/mol. The van der Waals surface area contributed by atoms with Crippen molar-refractivity contribution in [1.82, 2.24) is 0 Å². The van der Waals surface area contributed by atoms with Gasteiger partial charge in [-0.1, -0.05) is 0 Å². The van der Waals surface area contributed by atoms with Gasteiger partial charge in [0.2, 0.25) is 0 Å². The molecule has 0 amide bonds. The van der Waals surface area contributed by atoms with E-state index in [1.165, 1.54) is 0 Å². The minimum Gasteiger partial charge on any atom is -0.382 e. The van der Waals surface area contributed by atoms with E-state index >= 15 is 0 Å². The zero-order chi connectivity index (χ0) is 11.0. The lowest BCUT2D eigenvalue weighted by atomic mass is 10.1. The number of hydrogen-bond acceptors (Lipinski definition) is 3. The molecule has 0 N–H and O–H groups in total. The molecule has 0 saturated heterocycles. The van der Waals surface area contributed by atoms with Gasteiger partial charge >= 0.3 is 0 Å². The Morgan fingerprint density at radius 2 is 1.36 bits per heavy atom. The van der Waals surface area contributed by atoms with Crippen LogP contribution in [-0.2, 0) is 14.3 Å². The van der Waals surface area contributed by atoms with Crippen molar-refractivity contribution >= 4 is 5.78 Å². The highest BCUT2D eigenvalue weighted by Crippen LogP contribution is 2.06. The second-order valence-electron chi connectivity index (χ2n) is 3.71. The van der Waals surface area contributed by atoms with Crippen molar-refractivity contribution in [3.05, 3.63) is 0 Å². The van der Waals surface area contributed by atoms with Crippen LogP contribution < -0.4 is 0 Å². The predicted molar refractivity (Wildman–Crippen MR) is 56.4 cm³/mol. The lowest BCUT2D eigenvalue weighted by Gasteiger charge is -2.10. The Kier molecular flexibility index (Phi) is 7.71. The molecule has 0 bridgehead atoms. The molecule has 0 aromatic carbocycles. The molecule has 0 radical (unpaired) electrons. The van der Waals surface area contributed by atoms with E-state index in [0.717, 1.165) is 12.8 Å². The Balaban J connectivity index is 3.46. The molecular weight excluding hydrogens is 180 g/mol. The molecule has 0 aliphatic heterocycles. The normalized spacial score (nSPS) is 15.1. The van der Waals surface area contributed by atoms with E-state index in [1.807, 2.05) is 13.8 Å². The molecule has 0 aromatic heterocycles. The summed E-state index contributed by atoms with van der Waals surface area (Å²) >= 11 is 0. The summed E-state index contributed by atoms with van der Waals surface area (Å²) in [6.45, 7) is 3.95. The van der Waals surface area contributed by atoms with Gasteiger partial charge in [-0.2, -0.15) is 0 Å². The van der Waals surface area contributed by atoms with Gasteiger partial charge < -0.3 is 9.47 Å². The van der Waals surface area contributed by atoms with Crippen molar-refractivity contribution in [3.8, 4) is 0 Å². The summed E-state index contributed by atoms with van der Waals surface area (Å²) in [5, 5.41) is 0. The van der Waals surface area contributed by atoms with Crippen molar-refractivity contribution in [2.75, 3.05) is 14.2 Å². The van der Waals surface area contributed by atoms with Crippen LogP contribution in [0.3, 0.4) is 0 Å². The molecule has 2 atom stereocenters. The number of carbonyl (C=O) groups excluding carboxylic acids is 1. The van der Waals surface area contributed by atoms with Crippen LogP contribution in [0.25, 0.3) is 0 Å². The first-order chi connectivity index (χ1) is 6.60. The van der Waals surface area contributed by atoms with Crippen LogP contribution >= 0.6 is 0 Å². The topological polar surface area (TPSA) is 35.5 Å². The van der Waals surface area contributed by atoms with E-state index in [9.17, 15) is 4.79 Å². The molecule has 0 aromatic rings. The zero-order valence-corrected chi connectivity index (χ0v) is 9.71. The Morgan fingerprint density at radius 1 is 1.00 bits per heavy atom. The van der Waals surface area contributed by atoms with Crippen molar-refractivity contribution < 1.29 is 14.3 Å². The van der Waals surface area contributed by atoms with Crippen LogP contribution in [0, 0.1) is 0 Å². The van der Waals surface area contributed by atoms with Gasteiger partial charge in [-0.05, 0) is 26.7 Å².